The number of carbonyl (C=O) groups is 1. The molecule has 1 amide bonds. The second kappa shape index (κ2) is 15.0. The fourth-order valence-corrected chi connectivity index (χ4v) is 7.97. The minimum atomic E-state index is -2.06. The molecule has 2 fully saturated rings. The molecule has 2 aromatic carbocycles. The van der Waals surface area contributed by atoms with Gasteiger partial charge in [-0.05, 0) is 73.0 Å². The lowest BCUT2D eigenvalue weighted by Gasteiger charge is -2.37. The van der Waals surface area contributed by atoms with E-state index < -0.39 is 56.4 Å². The minimum Gasteiger partial charge on any atom is -0.449 e. The molecule has 50 heavy (non-hydrogen) atoms. The maximum atomic E-state index is 13.6. The molecule has 1 unspecified atom stereocenters. The van der Waals surface area contributed by atoms with Gasteiger partial charge in [-0.3, -0.25) is 14.3 Å². The van der Waals surface area contributed by atoms with E-state index in [-0.39, 0.29) is 24.0 Å². The average Bonchev–Trinajstić information content (AvgIpc) is 3.63. The smallest absolute Gasteiger partial charge is 0.407 e. The largest absolute Gasteiger partial charge is 0.449 e. The Labute approximate surface area is 294 Å². The first-order chi connectivity index (χ1) is 23.8. The molecule has 270 valence electrons. The third-order valence-electron chi connectivity index (χ3n) is 10.8. The first kappa shape index (κ1) is 36.2. The topological polar surface area (TPSA) is 130 Å². The number of ether oxygens (including phenoxy) is 4. The molecule has 0 spiro atoms. The van der Waals surface area contributed by atoms with Crippen LogP contribution in [0.2, 0.25) is 18.1 Å². The van der Waals surface area contributed by atoms with Crippen LogP contribution in [0.3, 0.4) is 0 Å². The van der Waals surface area contributed by atoms with Gasteiger partial charge in [-0.25, -0.2) is 9.59 Å². The Kier molecular flexibility index (Phi) is 10.9. The predicted octanol–water partition coefficient (Wildman–Crippen LogP) is 6.36. The Bertz CT molecular complexity index is 1730. The summed E-state index contributed by atoms with van der Waals surface area (Å²) < 4.78 is 33.1. The van der Waals surface area contributed by atoms with Crippen LogP contribution in [0.25, 0.3) is 11.1 Å². The zero-order valence-corrected chi connectivity index (χ0v) is 31.0. The van der Waals surface area contributed by atoms with E-state index >= 15 is 0 Å². The van der Waals surface area contributed by atoms with Gasteiger partial charge in [0.15, 0.2) is 14.6 Å². The lowest BCUT2D eigenvalue weighted by atomic mass is 9.98. The van der Waals surface area contributed by atoms with Crippen LogP contribution in [0.15, 0.2) is 64.3 Å². The van der Waals surface area contributed by atoms with Crippen molar-refractivity contribution < 1.29 is 28.2 Å². The number of carbonyl (C=O) groups excluding carboxylic acids is 1. The maximum absolute atomic E-state index is 13.6. The van der Waals surface area contributed by atoms with Crippen molar-refractivity contribution in [2.75, 3.05) is 19.8 Å². The predicted molar refractivity (Wildman–Crippen MR) is 193 cm³/mol. The van der Waals surface area contributed by atoms with Crippen molar-refractivity contribution >= 4 is 14.4 Å². The van der Waals surface area contributed by atoms with Gasteiger partial charge in [0.2, 0.25) is 0 Å². The fourth-order valence-electron chi connectivity index (χ4n) is 6.91. The molecule has 6 rings (SSSR count). The van der Waals surface area contributed by atoms with Gasteiger partial charge in [-0.1, -0.05) is 69.3 Å². The number of amides is 1. The van der Waals surface area contributed by atoms with E-state index in [4.69, 9.17) is 23.4 Å². The van der Waals surface area contributed by atoms with Crippen molar-refractivity contribution in [3.8, 4) is 11.1 Å². The van der Waals surface area contributed by atoms with Gasteiger partial charge in [0.05, 0.1) is 12.1 Å². The highest BCUT2D eigenvalue weighted by atomic mass is 28.4. The second-order valence-electron chi connectivity index (χ2n) is 15.2. The standard InChI is InChI=1S/C38H51N3O8Si/c1-24-22-41(36(43)40-35(24)42)32-21-30(39-37(44)46-23-29-27-15-9-7-13-25(27)26-14-8-10-16-28(26)29)34(49-32)31(48-33-17-11-12-19-45-33)18-20-47-50(5,6)38(2,3)4/h7-10,13-16,22,29-34H,11-12,17-21,23H2,1-6H3,(H,39,44)(H,40,42,43)/t30-,31-,32+,33?,34-/m0/s1. The van der Waals surface area contributed by atoms with E-state index in [1.807, 2.05) is 24.3 Å². The van der Waals surface area contributed by atoms with Crippen LogP contribution in [-0.2, 0) is 23.4 Å². The van der Waals surface area contributed by atoms with Crippen molar-refractivity contribution in [3.63, 3.8) is 0 Å². The molecule has 2 aliphatic heterocycles. The number of rotatable bonds is 11. The first-order valence-corrected chi connectivity index (χ1v) is 20.7. The number of nitrogens with zero attached hydrogens (tertiary/aromatic N) is 1. The number of hydrogen-bond donors (Lipinski definition) is 2. The molecule has 11 nitrogen and oxygen atoms in total. The highest BCUT2D eigenvalue weighted by Gasteiger charge is 2.45. The number of aromatic nitrogens is 2. The number of alkyl carbamates (subject to hydrolysis) is 1. The number of aromatic amines is 1. The number of H-pyrrole nitrogens is 1. The molecule has 1 aromatic heterocycles. The van der Waals surface area contributed by atoms with E-state index in [1.165, 1.54) is 10.8 Å². The first-order valence-electron chi connectivity index (χ1n) is 17.8. The Morgan fingerprint density at radius 3 is 2.38 bits per heavy atom. The summed E-state index contributed by atoms with van der Waals surface area (Å²) in [4.78, 5) is 41.2. The molecule has 12 heteroatoms. The van der Waals surface area contributed by atoms with Crippen molar-refractivity contribution in [2.24, 2.45) is 0 Å². The van der Waals surface area contributed by atoms with E-state index in [1.54, 1.807) is 6.92 Å². The molecule has 0 saturated carbocycles. The van der Waals surface area contributed by atoms with Crippen LogP contribution in [-0.4, -0.2) is 68.3 Å². The summed E-state index contributed by atoms with van der Waals surface area (Å²) in [5, 5.41) is 3.10. The average molecular weight is 706 g/mol. The highest BCUT2D eigenvalue weighted by molar-refractivity contribution is 6.74. The zero-order chi connectivity index (χ0) is 35.6. The Balaban J connectivity index is 1.23. The molecule has 3 aromatic rings. The summed E-state index contributed by atoms with van der Waals surface area (Å²) >= 11 is 0. The number of benzene rings is 2. The van der Waals surface area contributed by atoms with Crippen LogP contribution in [0, 0.1) is 6.92 Å². The third-order valence-corrected chi connectivity index (χ3v) is 15.3. The van der Waals surface area contributed by atoms with Gasteiger partial charge in [-0.15, -0.1) is 0 Å². The normalized spacial score (nSPS) is 22.9. The zero-order valence-electron chi connectivity index (χ0n) is 30.0. The molecule has 3 aliphatic rings. The van der Waals surface area contributed by atoms with Gasteiger partial charge in [-0.2, -0.15) is 0 Å². The quantitative estimate of drug-likeness (QED) is 0.221. The Hall–Kier alpha value is -3.55. The molecule has 0 radical (unpaired) electrons. The van der Waals surface area contributed by atoms with Crippen LogP contribution in [0.1, 0.15) is 81.7 Å². The molecule has 0 bridgehead atoms. The van der Waals surface area contributed by atoms with E-state index in [0.29, 0.717) is 25.2 Å². The van der Waals surface area contributed by atoms with Crippen molar-refractivity contribution in [3.05, 3.63) is 92.3 Å². The SMILES string of the molecule is Cc1cn([C@H]2C[C@H](NC(=O)OCC3c4ccccc4-c4ccccc43)[C@@H]([C@H](CCO[Si](C)(C)C(C)(C)C)OC3CCCCO3)O2)c(=O)[nH]c1=O. The van der Waals surface area contributed by atoms with Gasteiger partial charge in [0, 0.05) is 37.3 Å². The number of hydrogen-bond acceptors (Lipinski definition) is 8. The Morgan fingerprint density at radius 2 is 1.74 bits per heavy atom. The van der Waals surface area contributed by atoms with E-state index in [0.717, 1.165) is 41.5 Å². The van der Waals surface area contributed by atoms with Crippen molar-refractivity contribution in [1.29, 1.82) is 0 Å². The van der Waals surface area contributed by atoms with Gasteiger partial charge >= 0.3 is 11.8 Å². The summed E-state index contributed by atoms with van der Waals surface area (Å²) in [5.74, 6) is -0.0914. The Morgan fingerprint density at radius 1 is 1.06 bits per heavy atom. The minimum absolute atomic E-state index is 0.0300. The summed E-state index contributed by atoms with van der Waals surface area (Å²) in [7, 11) is -2.06. The number of aryl methyl sites for hydroxylation is 1. The highest BCUT2D eigenvalue weighted by Crippen LogP contribution is 2.44. The fraction of sp³-hybridized carbons (Fsp3) is 0.553. The summed E-state index contributed by atoms with van der Waals surface area (Å²) in [6.45, 7) is 13.9. The third kappa shape index (κ3) is 7.84. The lowest BCUT2D eigenvalue weighted by Crippen LogP contribution is -2.49. The van der Waals surface area contributed by atoms with Gasteiger partial charge in [0.25, 0.3) is 5.56 Å². The van der Waals surface area contributed by atoms with Crippen molar-refractivity contribution in [1.82, 2.24) is 14.9 Å². The van der Waals surface area contributed by atoms with Crippen LogP contribution >= 0.6 is 0 Å². The summed E-state index contributed by atoms with van der Waals surface area (Å²) in [6.07, 6.45) is 2.01. The lowest BCUT2D eigenvalue weighted by molar-refractivity contribution is -0.217. The number of fused-ring (bicyclic) bond motifs is 3. The van der Waals surface area contributed by atoms with Crippen LogP contribution in [0.4, 0.5) is 4.79 Å². The van der Waals surface area contributed by atoms with E-state index in [2.05, 4.69) is 68.4 Å². The number of nitrogens with one attached hydrogen (secondary N) is 2. The maximum Gasteiger partial charge on any atom is 0.407 e. The van der Waals surface area contributed by atoms with Gasteiger partial charge < -0.3 is 28.7 Å². The molecule has 2 N–H and O–H groups in total. The monoisotopic (exact) mass is 705 g/mol. The molecule has 2 saturated heterocycles. The summed E-state index contributed by atoms with van der Waals surface area (Å²) in [5.41, 5.74) is 3.89. The second-order valence-corrected chi connectivity index (χ2v) is 20.0. The molecular weight excluding hydrogens is 655 g/mol. The van der Waals surface area contributed by atoms with Crippen LogP contribution < -0.4 is 16.6 Å². The van der Waals surface area contributed by atoms with Crippen molar-refractivity contribution in [2.45, 2.75) is 115 Å². The van der Waals surface area contributed by atoms with E-state index in [9.17, 15) is 14.4 Å². The molecule has 5 atom stereocenters. The van der Waals surface area contributed by atoms with Gasteiger partial charge in [0.1, 0.15) is 18.9 Å². The molecule has 3 heterocycles. The summed E-state index contributed by atoms with van der Waals surface area (Å²) in [6, 6.07) is 15.8. The molecule has 1 aliphatic carbocycles. The molecular formula is C38H51N3O8Si. The van der Waals surface area contributed by atoms with Crippen LogP contribution in [0.5, 0.6) is 0 Å².